The average Bonchev–Trinajstić information content (AvgIpc) is 2.27. The number of nitrogens with zero attached hydrogens (tertiary/aromatic N) is 1. The zero-order chi connectivity index (χ0) is 11.9. The number of nitrogens with one attached hydrogen (secondary N) is 1. The Kier molecular flexibility index (Phi) is 2.91. The van der Waals surface area contributed by atoms with E-state index in [0.29, 0.717) is 5.41 Å². The molecule has 92 valence electrons. The van der Waals surface area contributed by atoms with E-state index < -0.39 is 0 Å². The van der Waals surface area contributed by atoms with E-state index in [-0.39, 0.29) is 0 Å². The predicted molar refractivity (Wildman–Crippen MR) is 75.6 cm³/mol. The quantitative estimate of drug-likeness (QED) is 0.857. The van der Waals surface area contributed by atoms with Crippen LogP contribution in [0.15, 0.2) is 22.7 Å². The van der Waals surface area contributed by atoms with Crippen molar-refractivity contribution in [3.8, 4) is 0 Å². The van der Waals surface area contributed by atoms with Gasteiger partial charge in [0.1, 0.15) is 0 Å². The highest BCUT2D eigenvalue weighted by molar-refractivity contribution is 9.10. The van der Waals surface area contributed by atoms with E-state index in [1.165, 1.54) is 54.7 Å². The summed E-state index contributed by atoms with van der Waals surface area (Å²) in [5.74, 6) is 0. The van der Waals surface area contributed by atoms with Gasteiger partial charge in [0.2, 0.25) is 0 Å². The molecule has 1 spiro atoms. The summed E-state index contributed by atoms with van der Waals surface area (Å²) in [6, 6.07) is 6.66. The molecule has 3 heteroatoms. The maximum Gasteiger partial charge on any atom is 0.0511 e. The van der Waals surface area contributed by atoms with Gasteiger partial charge in [-0.15, -0.1) is 0 Å². The standard InChI is InChI=1S/C14H19BrN2/c1-11-2-3-13(12(15)8-11)17-9-14(10-17)4-6-16-7-5-14/h2-3,8,16H,4-7,9-10H2,1H3. The van der Waals surface area contributed by atoms with Gasteiger partial charge >= 0.3 is 0 Å². The van der Waals surface area contributed by atoms with Crippen molar-refractivity contribution in [2.45, 2.75) is 19.8 Å². The molecule has 2 aliphatic rings. The molecule has 0 bridgehead atoms. The summed E-state index contributed by atoms with van der Waals surface area (Å²) in [4.78, 5) is 2.51. The zero-order valence-electron chi connectivity index (χ0n) is 10.3. The Morgan fingerprint density at radius 1 is 1.24 bits per heavy atom. The molecule has 0 unspecified atom stereocenters. The molecular formula is C14H19BrN2. The largest absolute Gasteiger partial charge is 0.369 e. The summed E-state index contributed by atoms with van der Waals surface area (Å²) in [6.45, 7) is 7.00. The summed E-state index contributed by atoms with van der Waals surface area (Å²) >= 11 is 3.68. The number of halogens is 1. The normalized spacial score (nSPS) is 22.6. The number of piperidine rings is 1. The van der Waals surface area contributed by atoms with Gasteiger partial charge in [0, 0.05) is 23.0 Å². The number of anilines is 1. The fourth-order valence-electron chi connectivity index (χ4n) is 3.08. The molecule has 0 atom stereocenters. The lowest BCUT2D eigenvalue weighted by Gasteiger charge is -2.53. The highest BCUT2D eigenvalue weighted by Crippen LogP contribution is 2.43. The molecule has 1 N–H and O–H groups in total. The third kappa shape index (κ3) is 2.11. The molecule has 3 rings (SSSR count). The summed E-state index contributed by atoms with van der Waals surface area (Å²) in [5, 5.41) is 3.45. The Labute approximate surface area is 112 Å². The third-order valence-electron chi connectivity index (χ3n) is 4.16. The van der Waals surface area contributed by atoms with Crippen molar-refractivity contribution in [3.63, 3.8) is 0 Å². The fraction of sp³-hybridized carbons (Fsp3) is 0.571. The van der Waals surface area contributed by atoms with Gasteiger partial charge in [0.15, 0.2) is 0 Å². The molecule has 2 nitrogen and oxygen atoms in total. The Bertz CT molecular complexity index is 416. The van der Waals surface area contributed by atoms with E-state index in [1.54, 1.807) is 0 Å². The number of benzene rings is 1. The molecular weight excluding hydrogens is 276 g/mol. The van der Waals surface area contributed by atoms with Crippen LogP contribution >= 0.6 is 15.9 Å². The van der Waals surface area contributed by atoms with E-state index in [1.807, 2.05) is 0 Å². The van der Waals surface area contributed by atoms with Gasteiger partial charge in [-0.1, -0.05) is 6.07 Å². The van der Waals surface area contributed by atoms with Crippen LogP contribution in [0.4, 0.5) is 5.69 Å². The first-order valence-electron chi connectivity index (χ1n) is 6.40. The molecule has 1 aromatic carbocycles. The lowest BCUT2D eigenvalue weighted by molar-refractivity contribution is 0.150. The fourth-order valence-corrected chi connectivity index (χ4v) is 3.82. The second-order valence-electron chi connectivity index (χ2n) is 5.56. The molecule has 2 fully saturated rings. The van der Waals surface area contributed by atoms with Crippen LogP contribution < -0.4 is 10.2 Å². The van der Waals surface area contributed by atoms with Gasteiger partial charge in [0.05, 0.1) is 5.69 Å². The molecule has 0 saturated carbocycles. The molecule has 1 aromatic rings. The van der Waals surface area contributed by atoms with Crippen molar-refractivity contribution < 1.29 is 0 Å². The Morgan fingerprint density at radius 2 is 1.94 bits per heavy atom. The minimum Gasteiger partial charge on any atom is -0.369 e. The first-order chi connectivity index (χ1) is 8.19. The number of hydrogen-bond donors (Lipinski definition) is 1. The summed E-state index contributed by atoms with van der Waals surface area (Å²) < 4.78 is 1.24. The van der Waals surface area contributed by atoms with E-state index in [9.17, 15) is 0 Å². The van der Waals surface area contributed by atoms with Crippen LogP contribution in [0.25, 0.3) is 0 Å². The molecule has 17 heavy (non-hydrogen) atoms. The summed E-state index contributed by atoms with van der Waals surface area (Å²) in [6.07, 6.45) is 2.68. The summed E-state index contributed by atoms with van der Waals surface area (Å²) in [7, 11) is 0. The van der Waals surface area contributed by atoms with Crippen molar-refractivity contribution in [1.82, 2.24) is 5.32 Å². The van der Waals surface area contributed by atoms with Crippen LogP contribution in [0, 0.1) is 12.3 Å². The SMILES string of the molecule is Cc1ccc(N2CC3(CCNCC3)C2)c(Br)c1. The van der Waals surface area contributed by atoms with Crippen LogP contribution in [0.2, 0.25) is 0 Å². The van der Waals surface area contributed by atoms with Crippen LogP contribution in [-0.2, 0) is 0 Å². The topological polar surface area (TPSA) is 15.3 Å². The first-order valence-corrected chi connectivity index (χ1v) is 7.20. The van der Waals surface area contributed by atoms with Gasteiger partial charge in [-0.3, -0.25) is 0 Å². The minimum atomic E-state index is 0.607. The monoisotopic (exact) mass is 294 g/mol. The molecule has 2 aliphatic heterocycles. The molecule has 0 radical (unpaired) electrons. The van der Waals surface area contributed by atoms with Gasteiger partial charge in [0.25, 0.3) is 0 Å². The van der Waals surface area contributed by atoms with E-state index in [2.05, 4.69) is 51.3 Å². The zero-order valence-corrected chi connectivity index (χ0v) is 11.9. The van der Waals surface area contributed by atoms with Crippen molar-refractivity contribution >= 4 is 21.6 Å². The van der Waals surface area contributed by atoms with E-state index in [0.717, 1.165) is 0 Å². The maximum atomic E-state index is 3.68. The van der Waals surface area contributed by atoms with E-state index in [4.69, 9.17) is 0 Å². The average molecular weight is 295 g/mol. The minimum absolute atomic E-state index is 0.607. The van der Waals surface area contributed by atoms with Crippen molar-refractivity contribution in [1.29, 1.82) is 0 Å². The maximum absolute atomic E-state index is 3.68. The lowest BCUT2D eigenvalue weighted by Crippen LogP contribution is -2.60. The van der Waals surface area contributed by atoms with E-state index >= 15 is 0 Å². The van der Waals surface area contributed by atoms with Crippen molar-refractivity contribution in [3.05, 3.63) is 28.2 Å². The van der Waals surface area contributed by atoms with Crippen LogP contribution in [0.3, 0.4) is 0 Å². The van der Waals surface area contributed by atoms with Gasteiger partial charge in [-0.25, -0.2) is 0 Å². The molecule has 2 heterocycles. The van der Waals surface area contributed by atoms with Crippen LogP contribution in [-0.4, -0.2) is 26.2 Å². The summed E-state index contributed by atoms with van der Waals surface area (Å²) in [5.41, 5.74) is 3.28. The second kappa shape index (κ2) is 4.29. The molecule has 2 saturated heterocycles. The first kappa shape index (κ1) is 11.5. The van der Waals surface area contributed by atoms with Gasteiger partial charge < -0.3 is 10.2 Å². The van der Waals surface area contributed by atoms with Crippen molar-refractivity contribution in [2.75, 3.05) is 31.1 Å². The number of rotatable bonds is 1. The molecule has 0 aromatic heterocycles. The van der Waals surface area contributed by atoms with Crippen LogP contribution in [0.5, 0.6) is 0 Å². The molecule has 0 amide bonds. The predicted octanol–water partition coefficient (Wildman–Crippen LogP) is 2.95. The van der Waals surface area contributed by atoms with Gasteiger partial charge in [-0.05, 0) is 66.5 Å². The van der Waals surface area contributed by atoms with Crippen LogP contribution in [0.1, 0.15) is 18.4 Å². The van der Waals surface area contributed by atoms with Crippen molar-refractivity contribution in [2.24, 2.45) is 5.41 Å². The Hall–Kier alpha value is -0.540. The number of hydrogen-bond acceptors (Lipinski definition) is 2. The number of aryl methyl sites for hydroxylation is 1. The highest BCUT2D eigenvalue weighted by atomic mass is 79.9. The lowest BCUT2D eigenvalue weighted by atomic mass is 9.72. The molecule has 0 aliphatic carbocycles. The Morgan fingerprint density at radius 3 is 2.59 bits per heavy atom. The second-order valence-corrected chi connectivity index (χ2v) is 6.42. The third-order valence-corrected chi connectivity index (χ3v) is 4.80. The van der Waals surface area contributed by atoms with Gasteiger partial charge in [-0.2, -0.15) is 0 Å². The highest BCUT2D eigenvalue weighted by Gasteiger charge is 2.43. The smallest absolute Gasteiger partial charge is 0.0511 e. The Balaban J connectivity index is 1.72.